The van der Waals surface area contributed by atoms with E-state index in [2.05, 4.69) is 36.0 Å². The molecule has 0 heterocycles. The summed E-state index contributed by atoms with van der Waals surface area (Å²) in [6.45, 7) is 0. The maximum absolute atomic E-state index is 12.2. The van der Waals surface area contributed by atoms with Crippen LogP contribution in [0.5, 0.6) is 0 Å². The zero-order chi connectivity index (χ0) is 10.7. The molecule has 0 aliphatic heterocycles. The summed E-state index contributed by atoms with van der Waals surface area (Å²) in [5.74, 6) is 0. The summed E-state index contributed by atoms with van der Waals surface area (Å²) < 4.78 is 49.8. The van der Waals surface area contributed by atoms with Crippen molar-refractivity contribution >= 4 is 42.0 Å². The van der Waals surface area contributed by atoms with Gasteiger partial charge in [0, 0.05) is 6.42 Å². The van der Waals surface area contributed by atoms with Crippen LogP contribution in [0.1, 0.15) is 12.8 Å². The molecule has 0 saturated carbocycles. The average Bonchev–Trinajstić information content (AvgIpc) is 1.78. The Morgan fingerprint density at radius 1 is 1.54 bits per heavy atom. The lowest BCUT2D eigenvalue weighted by atomic mass is 10.3. The molecule has 0 radical (unpaired) electrons. The molecule has 13 heavy (non-hydrogen) atoms. The zero-order valence-corrected chi connectivity index (χ0v) is 10.6. The highest BCUT2D eigenvalue weighted by atomic mass is 79.9. The summed E-state index contributed by atoms with van der Waals surface area (Å²) >= 11 is 4.94. The number of halogens is 4. The van der Waals surface area contributed by atoms with Crippen LogP contribution in [0.4, 0.5) is 8.78 Å². The van der Waals surface area contributed by atoms with E-state index in [1.807, 2.05) is 0 Å². The first-order chi connectivity index (χ1) is 5.60. The van der Waals surface area contributed by atoms with Crippen molar-refractivity contribution in [2.45, 2.75) is 22.7 Å². The molecule has 0 aliphatic rings. The highest BCUT2D eigenvalue weighted by molar-refractivity contribution is 9.10. The Hall–Kier alpha value is 0.730. The Kier molecular flexibility index (Phi) is 5.27. The standard InChI is InChI=1S/C5H8Br2F2O3S/c1-13(10,11)12-4(6)2-3-5(7,8)9/h4H,2-3H2,1H3. The SMILES string of the molecule is CS(=O)(=O)OC(Br)CCC(F)(F)Br. The third-order valence-corrected chi connectivity index (χ3v) is 2.80. The quantitative estimate of drug-likeness (QED) is 0.568. The van der Waals surface area contributed by atoms with E-state index in [0.717, 1.165) is 6.26 Å². The van der Waals surface area contributed by atoms with Gasteiger partial charge in [-0.2, -0.15) is 17.2 Å². The molecule has 0 aromatic heterocycles. The lowest BCUT2D eigenvalue weighted by Gasteiger charge is -2.11. The van der Waals surface area contributed by atoms with Crippen molar-refractivity contribution in [1.29, 1.82) is 0 Å². The molecule has 0 aromatic carbocycles. The molecule has 80 valence electrons. The van der Waals surface area contributed by atoms with E-state index in [1.165, 1.54) is 0 Å². The topological polar surface area (TPSA) is 43.4 Å². The van der Waals surface area contributed by atoms with Gasteiger partial charge < -0.3 is 0 Å². The van der Waals surface area contributed by atoms with Crippen LogP contribution < -0.4 is 0 Å². The smallest absolute Gasteiger partial charge is 0.255 e. The lowest BCUT2D eigenvalue weighted by Crippen LogP contribution is -2.14. The van der Waals surface area contributed by atoms with Crippen molar-refractivity contribution in [3.05, 3.63) is 0 Å². The monoisotopic (exact) mass is 344 g/mol. The fraction of sp³-hybridized carbons (Fsp3) is 1.00. The van der Waals surface area contributed by atoms with Crippen molar-refractivity contribution < 1.29 is 21.4 Å². The predicted molar refractivity (Wildman–Crippen MR) is 51.8 cm³/mol. The summed E-state index contributed by atoms with van der Waals surface area (Å²) in [5, 5.41) is -0.911. The normalized spacial score (nSPS) is 15.8. The van der Waals surface area contributed by atoms with Crippen LogP contribution in [-0.4, -0.2) is 24.5 Å². The van der Waals surface area contributed by atoms with E-state index in [9.17, 15) is 17.2 Å². The van der Waals surface area contributed by atoms with Crippen LogP contribution in [-0.2, 0) is 14.3 Å². The second-order valence-corrected chi connectivity index (χ2v) is 6.15. The first-order valence-corrected chi connectivity index (χ1v) is 6.72. The van der Waals surface area contributed by atoms with E-state index in [0.29, 0.717) is 0 Å². The Morgan fingerprint density at radius 2 is 2.00 bits per heavy atom. The number of rotatable bonds is 5. The van der Waals surface area contributed by atoms with Crippen molar-refractivity contribution in [1.82, 2.24) is 0 Å². The van der Waals surface area contributed by atoms with Crippen molar-refractivity contribution in [2.75, 3.05) is 6.26 Å². The Morgan fingerprint density at radius 3 is 2.31 bits per heavy atom. The van der Waals surface area contributed by atoms with Crippen molar-refractivity contribution in [3.8, 4) is 0 Å². The molecular weight excluding hydrogens is 338 g/mol. The third kappa shape index (κ3) is 10.7. The molecule has 0 aromatic rings. The van der Waals surface area contributed by atoms with Gasteiger partial charge in [0.2, 0.25) is 0 Å². The van der Waals surface area contributed by atoms with Crippen LogP contribution in [0, 0.1) is 0 Å². The Bertz CT molecular complexity index is 249. The summed E-state index contributed by atoms with van der Waals surface area (Å²) in [5.41, 5.74) is 0. The molecule has 8 heteroatoms. The van der Waals surface area contributed by atoms with Gasteiger partial charge in [0.15, 0.2) is 0 Å². The summed E-state index contributed by atoms with van der Waals surface area (Å²) in [4.78, 5) is -2.99. The van der Waals surface area contributed by atoms with Gasteiger partial charge in [-0.3, -0.25) is 4.18 Å². The minimum atomic E-state index is -3.60. The molecule has 3 nitrogen and oxygen atoms in total. The van der Waals surface area contributed by atoms with Gasteiger partial charge >= 0.3 is 4.83 Å². The van der Waals surface area contributed by atoms with E-state index in [1.54, 1.807) is 0 Å². The van der Waals surface area contributed by atoms with E-state index in [-0.39, 0.29) is 6.42 Å². The van der Waals surface area contributed by atoms with Gasteiger partial charge in [-0.15, -0.1) is 0 Å². The lowest BCUT2D eigenvalue weighted by molar-refractivity contribution is 0.0935. The van der Waals surface area contributed by atoms with Crippen LogP contribution in [0.2, 0.25) is 0 Å². The maximum atomic E-state index is 12.2. The first kappa shape index (κ1) is 13.7. The molecule has 0 N–H and O–H groups in total. The molecule has 0 saturated heterocycles. The van der Waals surface area contributed by atoms with Crippen LogP contribution >= 0.6 is 31.9 Å². The van der Waals surface area contributed by atoms with Gasteiger partial charge in [0.1, 0.15) is 5.01 Å². The van der Waals surface area contributed by atoms with Gasteiger partial charge in [-0.05, 0) is 22.4 Å². The van der Waals surface area contributed by atoms with Crippen LogP contribution in [0.25, 0.3) is 0 Å². The fourth-order valence-corrected chi connectivity index (χ4v) is 2.28. The predicted octanol–water partition coefficient (Wildman–Crippen LogP) is 2.45. The molecule has 0 spiro atoms. The Labute approximate surface area is 92.2 Å². The van der Waals surface area contributed by atoms with Gasteiger partial charge in [0.25, 0.3) is 10.1 Å². The van der Waals surface area contributed by atoms with Crippen molar-refractivity contribution in [3.63, 3.8) is 0 Å². The van der Waals surface area contributed by atoms with E-state index in [4.69, 9.17) is 0 Å². The summed E-state index contributed by atoms with van der Waals surface area (Å²) in [6.07, 6.45) is 0.247. The first-order valence-electron chi connectivity index (χ1n) is 3.19. The molecule has 0 aliphatic carbocycles. The summed E-state index contributed by atoms with van der Waals surface area (Å²) in [7, 11) is -3.60. The minimum absolute atomic E-state index is 0.106. The van der Waals surface area contributed by atoms with Gasteiger partial charge in [-0.25, -0.2) is 0 Å². The summed E-state index contributed by atoms with van der Waals surface area (Å²) in [6, 6.07) is 0. The van der Waals surface area contributed by atoms with Crippen molar-refractivity contribution in [2.24, 2.45) is 0 Å². The average molecular weight is 346 g/mol. The maximum Gasteiger partial charge on any atom is 0.301 e. The van der Waals surface area contributed by atoms with Gasteiger partial charge in [0.05, 0.1) is 6.26 Å². The van der Waals surface area contributed by atoms with Gasteiger partial charge in [-0.1, -0.05) is 15.9 Å². The molecule has 0 amide bonds. The molecule has 1 atom stereocenters. The number of hydrogen-bond donors (Lipinski definition) is 0. The fourth-order valence-electron chi connectivity index (χ4n) is 0.515. The number of alkyl halides is 4. The molecule has 0 fully saturated rings. The molecule has 0 bridgehead atoms. The minimum Gasteiger partial charge on any atom is -0.255 e. The highest BCUT2D eigenvalue weighted by Gasteiger charge is 2.25. The zero-order valence-electron chi connectivity index (χ0n) is 6.64. The van der Waals surface area contributed by atoms with Crippen LogP contribution in [0.15, 0.2) is 0 Å². The molecule has 1 unspecified atom stereocenters. The highest BCUT2D eigenvalue weighted by Crippen LogP contribution is 2.29. The van der Waals surface area contributed by atoms with Crippen LogP contribution in [0.3, 0.4) is 0 Å². The molecular formula is C5H8Br2F2O3S. The largest absolute Gasteiger partial charge is 0.301 e. The third-order valence-electron chi connectivity index (χ3n) is 0.934. The van der Waals surface area contributed by atoms with E-state index >= 15 is 0 Å². The number of hydrogen-bond acceptors (Lipinski definition) is 3. The van der Waals surface area contributed by atoms with E-state index < -0.39 is 26.4 Å². The molecule has 0 rings (SSSR count). The second kappa shape index (κ2) is 4.99. The second-order valence-electron chi connectivity index (χ2n) is 2.36. The Balaban J connectivity index is 3.84.